The molecule has 1 aromatic carbocycles. The molecule has 5 nitrogen and oxygen atoms in total. The zero-order chi connectivity index (χ0) is 18.4. The van der Waals surface area contributed by atoms with Gasteiger partial charge >= 0.3 is 6.18 Å². The predicted octanol–water partition coefficient (Wildman–Crippen LogP) is 2.97. The topological polar surface area (TPSA) is 64.0 Å². The Kier molecular flexibility index (Phi) is 6.46. The molecule has 0 radical (unpaired) electrons. The van der Waals surface area contributed by atoms with Crippen LogP contribution in [0.15, 0.2) is 34.2 Å². The normalized spacial score (nSPS) is 11.7. The summed E-state index contributed by atoms with van der Waals surface area (Å²) in [5.74, 6) is -1.00. The lowest BCUT2D eigenvalue weighted by atomic mass is 10.2. The number of benzene rings is 1. The number of para-hydroxylation sites is 1. The molecule has 0 bridgehead atoms. The molecule has 0 saturated heterocycles. The quantitative estimate of drug-likeness (QED) is 0.599. The first-order valence-electron chi connectivity index (χ1n) is 7.77. The van der Waals surface area contributed by atoms with Crippen LogP contribution in [-0.2, 0) is 11.3 Å². The van der Waals surface area contributed by atoms with Crippen LogP contribution in [-0.4, -0.2) is 33.9 Å². The maximum absolute atomic E-state index is 12.6. The lowest BCUT2D eigenvalue weighted by Crippen LogP contribution is -2.35. The zero-order valence-electron chi connectivity index (χ0n) is 13.6. The molecule has 1 N–H and O–H groups in total. The van der Waals surface area contributed by atoms with Crippen molar-refractivity contribution >= 4 is 28.6 Å². The molecule has 0 spiro atoms. The van der Waals surface area contributed by atoms with Gasteiger partial charge in [0, 0.05) is 6.54 Å². The summed E-state index contributed by atoms with van der Waals surface area (Å²) >= 11 is 0.958. The number of nitrogens with zero attached hydrogens (tertiary/aromatic N) is 2. The van der Waals surface area contributed by atoms with Crippen molar-refractivity contribution in [3.8, 4) is 0 Å². The second-order valence-electron chi connectivity index (χ2n) is 5.40. The number of alkyl halides is 3. The third kappa shape index (κ3) is 5.48. The Morgan fingerprint density at radius 3 is 2.72 bits per heavy atom. The standard InChI is InChI=1S/C16H18F3N3O2S/c1-2-3-8-22-14(24)11-6-4-5-7-12(11)21-15(22)25-9-13(23)20-10-16(17,18)19/h4-7H,2-3,8-10H2,1H3,(H,20,23). The molecule has 2 rings (SSSR count). The van der Waals surface area contributed by atoms with Crippen molar-refractivity contribution in [2.24, 2.45) is 0 Å². The average Bonchev–Trinajstić information content (AvgIpc) is 2.57. The fourth-order valence-electron chi connectivity index (χ4n) is 2.15. The number of aromatic nitrogens is 2. The lowest BCUT2D eigenvalue weighted by molar-refractivity contribution is -0.136. The van der Waals surface area contributed by atoms with E-state index in [9.17, 15) is 22.8 Å². The molecular formula is C16H18F3N3O2S. The van der Waals surface area contributed by atoms with E-state index in [1.54, 1.807) is 24.3 Å². The maximum Gasteiger partial charge on any atom is 0.405 e. The summed E-state index contributed by atoms with van der Waals surface area (Å²) in [5, 5.41) is 2.62. The van der Waals surface area contributed by atoms with Gasteiger partial charge in [0.15, 0.2) is 5.16 Å². The van der Waals surface area contributed by atoms with Crippen LogP contribution in [0.2, 0.25) is 0 Å². The van der Waals surface area contributed by atoms with Gasteiger partial charge in [0.05, 0.1) is 16.7 Å². The predicted molar refractivity (Wildman–Crippen MR) is 90.7 cm³/mol. The minimum Gasteiger partial charge on any atom is -0.346 e. The minimum atomic E-state index is -4.45. The third-order valence-corrected chi connectivity index (χ3v) is 4.36. The number of halogens is 3. The Balaban J connectivity index is 2.20. The van der Waals surface area contributed by atoms with E-state index in [-0.39, 0.29) is 11.3 Å². The molecule has 136 valence electrons. The van der Waals surface area contributed by atoms with E-state index < -0.39 is 18.6 Å². The maximum atomic E-state index is 12.6. The van der Waals surface area contributed by atoms with Gasteiger partial charge in [-0.05, 0) is 18.6 Å². The molecule has 0 aliphatic carbocycles. The monoisotopic (exact) mass is 373 g/mol. The molecule has 1 aromatic heterocycles. The highest BCUT2D eigenvalue weighted by Gasteiger charge is 2.27. The van der Waals surface area contributed by atoms with Crippen LogP contribution in [0.3, 0.4) is 0 Å². The Bertz CT molecular complexity index is 805. The van der Waals surface area contributed by atoms with E-state index in [4.69, 9.17) is 0 Å². The first-order chi connectivity index (χ1) is 11.8. The number of amides is 1. The Hall–Kier alpha value is -2.03. The molecule has 0 atom stereocenters. The van der Waals surface area contributed by atoms with Crippen molar-refractivity contribution in [1.82, 2.24) is 14.9 Å². The van der Waals surface area contributed by atoms with Crippen LogP contribution in [0.1, 0.15) is 19.8 Å². The molecule has 1 amide bonds. The average molecular weight is 373 g/mol. The van der Waals surface area contributed by atoms with Crippen molar-refractivity contribution in [3.63, 3.8) is 0 Å². The summed E-state index contributed by atoms with van der Waals surface area (Å²) in [4.78, 5) is 28.6. The van der Waals surface area contributed by atoms with Crippen LogP contribution in [0, 0.1) is 0 Å². The van der Waals surface area contributed by atoms with Gasteiger partial charge in [0.25, 0.3) is 5.56 Å². The molecular weight excluding hydrogens is 355 g/mol. The van der Waals surface area contributed by atoms with Gasteiger partial charge in [-0.25, -0.2) is 4.98 Å². The summed E-state index contributed by atoms with van der Waals surface area (Å²) in [5.41, 5.74) is 0.288. The number of hydrogen-bond donors (Lipinski definition) is 1. The van der Waals surface area contributed by atoms with E-state index in [0.717, 1.165) is 24.6 Å². The summed E-state index contributed by atoms with van der Waals surface area (Å²) in [6, 6.07) is 6.86. The summed E-state index contributed by atoms with van der Waals surface area (Å²) in [6.45, 7) is 1.05. The molecule has 0 aliphatic rings. The number of unbranched alkanes of at least 4 members (excludes halogenated alkanes) is 1. The molecule has 0 saturated carbocycles. The van der Waals surface area contributed by atoms with Crippen molar-refractivity contribution < 1.29 is 18.0 Å². The number of fused-ring (bicyclic) bond motifs is 1. The van der Waals surface area contributed by atoms with Crippen molar-refractivity contribution in [2.75, 3.05) is 12.3 Å². The molecule has 0 fully saturated rings. The SMILES string of the molecule is CCCCn1c(SCC(=O)NCC(F)(F)F)nc2ccccc2c1=O. The number of carbonyl (C=O) groups excluding carboxylic acids is 1. The smallest absolute Gasteiger partial charge is 0.346 e. The zero-order valence-corrected chi connectivity index (χ0v) is 14.4. The highest BCUT2D eigenvalue weighted by Crippen LogP contribution is 2.18. The number of carbonyl (C=O) groups is 1. The van der Waals surface area contributed by atoms with Gasteiger partial charge in [0.2, 0.25) is 5.91 Å². The van der Waals surface area contributed by atoms with E-state index in [2.05, 4.69) is 4.98 Å². The number of rotatable bonds is 7. The van der Waals surface area contributed by atoms with E-state index >= 15 is 0 Å². The van der Waals surface area contributed by atoms with Gasteiger partial charge in [-0.15, -0.1) is 0 Å². The Morgan fingerprint density at radius 2 is 2.04 bits per heavy atom. The Morgan fingerprint density at radius 1 is 1.32 bits per heavy atom. The number of hydrogen-bond acceptors (Lipinski definition) is 4. The fraction of sp³-hybridized carbons (Fsp3) is 0.438. The van der Waals surface area contributed by atoms with Gasteiger partial charge in [-0.2, -0.15) is 13.2 Å². The van der Waals surface area contributed by atoms with Crippen molar-refractivity contribution in [1.29, 1.82) is 0 Å². The summed E-state index contributed by atoms with van der Waals surface area (Å²) < 4.78 is 37.9. The molecule has 9 heteroatoms. The van der Waals surface area contributed by atoms with Crippen LogP contribution in [0.4, 0.5) is 13.2 Å². The number of thioether (sulfide) groups is 1. The first kappa shape index (κ1) is 19.3. The molecule has 0 unspecified atom stereocenters. The minimum absolute atomic E-state index is 0.211. The fourth-order valence-corrected chi connectivity index (χ4v) is 3.01. The summed E-state index contributed by atoms with van der Waals surface area (Å²) in [7, 11) is 0. The largest absolute Gasteiger partial charge is 0.405 e. The summed E-state index contributed by atoms with van der Waals surface area (Å²) in [6.07, 6.45) is -2.83. The molecule has 1 heterocycles. The van der Waals surface area contributed by atoms with Gasteiger partial charge in [-0.3, -0.25) is 14.2 Å². The van der Waals surface area contributed by atoms with Gasteiger partial charge in [0.1, 0.15) is 6.54 Å². The van der Waals surface area contributed by atoms with Gasteiger partial charge in [-0.1, -0.05) is 37.2 Å². The first-order valence-corrected chi connectivity index (χ1v) is 8.76. The van der Waals surface area contributed by atoms with Crippen LogP contribution in [0.25, 0.3) is 10.9 Å². The number of nitrogens with one attached hydrogen (secondary N) is 1. The third-order valence-electron chi connectivity index (χ3n) is 3.38. The Labute approximate surface area is 146 Å². The van der Waals surface area contributed by atoms with Crippen LogP contribution >= 0.6 is 11.8 Å². The van der Waals surface area contributed by atoms with Crippen LogP contribution < -0.4 is 10.9 Å². The lowest BCUT2D eigenvalue weighted by Gasteiger charge is -2.13. The van der Waals surface area contributed by atoms with E-state index in [1.165, 1.54) is 4.57 Å². The van der Waals surface area contributed by atoms with E-state index in [1.807, 2.05) is 12.2 Å². The molecule has 25 heavy (non-hydrogen) atoms. The van der Waals surface area contributed by atoms with Crippen molar-refractivity contribution in [2.45, 2.75) is 37.6 Å². The second kappa shape index (κ2) is 8.37. The highest BCUT2D eigenvalue weighted by atomic mass is 32.2. The van der Waals surface area contributed by atoms with Gasteiger partial charge < -0.3 is 5.32 Å². The second-order valence-corrected chi connectivity index (χ2v) is 6.34. The molecule has 2 aromatic rings. The van der Waals surface area contributed by atoms with E-state index in [0.29, 0.717) is 22.6 Å². The van der Waals surface area contributed by atoms with Crippen LogP contribution in [0.5, 0.6) is 0 Å². The van der Waals surface area contributed by atoms with Crippen molar-refractivity contribution in [3.05, 3.63) is 34.6 Å². The highest BCUT2D eigenvalue weighted by molar-refractivity contribution is 7.99. The molecule has 0 aliphatic heterocycles.